The van der Waals surface area contributed by atoms with Crippen LogP contribution in [-0.2, 0) is 28.8 Å². The fourth-order valence-electron chi connectivity index (χ4n) is 4.87. The van der Waals surface area contributed by atoms with Crippen molar-refractivity contribution in [2.24, 2.45) is 11.8 Å². The number of ether oxygens (including phenoxy) is 1. The number of fused-ring (bicyclic) bond motifs is 1. The summed E-state index contributed by atoms with van der Waals surface area (Å²) in [5.74, 6) is 1.34. The average molecular weight is 470 g/mol. The van der Waals surface area contributed by atoms with E-state index in [1.54, 1.807) is 6.20 Å². The van der Waals surface area contributed by atoms with E-state index in [1.807, 2.05) is 20.8 Å². The molecule has 186 valence electrons. The Morgan fingerprint density at radius 3 is 2.42 bits per heavy atom. The van der Waals surface area contributed by atoms with Gasteiger partial charge in [-0.1, -0.05) is 12.8 Å². The van der Waals surface area contributed by atoms with E-state index in [1.165, 1.54) is 0 Å². The highest BCUT2D eigenvalue weighted by molar-refractivity contribution is 5.70. The molecule has 1 aliphatic heterocycles. The van der Waals surface area contributed by atoms with Gasteiger partial charge in [-0.15, -0.1) is 0 Å². The lowest BCUT2D eigenvalue weighted by atomic mass is 9.79. The first-order chi connectivity index (χ1) is 15.5. The van der Waals surface area contributed by atoms with Gasteiger partial charge in [-0.2, -0.15) is 13.2 Å². The van der Waals surface area contributed by atoms with Crippen molar-refractivity contribution >= 4 is 5.97 Å². The topological polar surface area (TPSA) is 55.3 Å². The van der Waals surface area contributed by atoms with Crippen LogP contribution in [0, 0.1) is 11.8 Å². The molecule has 0 spiro atoms. The van der Waals surface area contributed by atoms with Gasteiger partial charge >= 0.3 is 12.1 Å². The van der Waals surface area contributed by atoms with Gasteiger partial charge in [0.25, 0.3) is 0 Å². The lowest BCUT2D eigenvalue weighted by molar-refractivity contribution is -0.156. The van der Waals surface area contributed by atoms with Crippen molar-refractivity contribution in [1.29, 1.82) is 0 Å². The third-order valence-electron chi connectivity index (χ3n) is 6.69. The van der Waals surface area contributed by atoms with Gasteiger partial charge in [-0.3, -0.25) is 4.79 Å². The summed E-state index contributed by atoms with van der Waals surface area (Å²) in [5, 5.41) is 0. The predicted octanol–water partition coefficient (Wildman–Crippen LogP) is 5.30. The molecule has 0 atom stereocenters. The van der Waals surface area contributed by atoms with E-state index in [9.17, 15) is 18.0 Å². The number of hydrogen-bond acceptors (Lipinski definition) is 5. The smallest absolute Gasteiger partial charge is 0.389 e. The molecule has 5 nitrogen and oxygen atoms in total. The minimum atomic E-state index is -4.18. The molecule has 0 aromatic carbocycles. The molecule has 0 unspecified atom stereocenters. The van der Waals surface area contributed by atoms with Crippen molar-refractivity contribution < 1.29 is 22.7 Å². The molecule has 0 saturated heterocycles. The highest BCUT2D eigenvalue weighted by atomic mass is 19.4. The number of halogens is 3. The lowest BCUT2D eigenvalue weighted by Gasteiger charge is -2.30. The zero-order valence-corrected chi connectivity index (χ0v) is 20.2. The first-order valence-electron chi connectivity index (χ1n) is 12.3. The van der Waals surface area contributed by atoms with Crippen LogP contribution in [-0.4, -0.2) is 52.2 Å². The summed E-state index contributed by atoms with van der Waals surface area (Å²) in [6.45, 7) is 8.57. The van der Waals surface area contributed by atoms with Gasteiger partial charge < -0.3 is 9.64 Å². The van der Waals surface area contributed by atoms with Crippen LogP contribution < -0.4 is 0 Å². The number of aromatic nitrogens is 2. The monoisotopic (exact) mass is 469 g/mol. The average Bonchev–Trinajstić information content (AvgIpc) is 2.92. The van der Waals surface area contributed by atoms with E-state index in [0.29, 0.717) is 24.1 Å². The van der Waals surface area contributed by atoms with Gasteiger partial charge in [0.1, 0.15) is 11.4 Å². The van der Waals surface area contributed by atoms with Crippen LogP contribution in [0.1, 0.15) is 82.8 Å². The third-order valence-corrected chi connectivity index (χ3v) is 6.69. The van der Waals surface area contributed by atoms with Gasteiger partial charge in [0.15, 0.2) is 0 Å². The predicted molar refractivity (Wildman–Crippen MR) is 121 cm³/mol. The molecule has 2 aliphatic rings. The first kappa shape index (κ1) is 25.9. The van der Waals surface area contributed by atoms with Crippen molar-refractivity contribution in [2.75, 3.05) is 19.6 Å². The van der Waals surface area contributed by atoms with Crippen molar-refractivity contribution in [1.82, 2.24) is 14.9 Å². The first-order valence-corrected chi connectivity index (χ1v) is 12.3. The maximum Gasteiger partial charge on any atom is 0.389 e. The Morgan fingerprint density at radius 1 is 1.09 bits per heavy atom. The summed E-state index contributed by atoms with van der Waals surface area (Å²) < 4.78 is 42.9. The molecule has 1 aromatic heterocycles. The van der Waals surface area contributed by atoms with Gasteiger partial charge in [0.05, 0.1) is 6.42 Å². The molecule has 8 heteroatoms. The van der Waals surface area contributed by atoms with E-state index in [2.05, 4.69) is 14.9 Å². The molecule has 2 heterocycles. The molecule has 1 fully saturated rings. The summed E-state index contributed by atoms with van der Waals surface area (Å²) in [7, 11) is 0. The molecular formula is C25H38F3N3O2. The number of nitrogens with zero attached hydrogens (tertiary/aromatic N) is 3. The van der Waals surface area contributed by atoms with Crippen molar-refractivity contribution in [3.05, 3.63) is 23.3 Å². The van der Waals surface area contributed by atoms with E-state index in [4.69, 9.17) is 4.74 Å². The summed E-state index contributed by atoms with van der Waals surface area (Å²) in [5.41, 5.74) is 1.56. The Morgan fingerprint density at radius 2 is 1.76 bits per heavy atom. The number of hydrogen-bond donors (Lipinski definition) is 0. The minimum absolute atomic E-state index is 0.0836. The zero-order chi connectivity index (χ0) is 24.1. The molecule has 0 amide bonds. The second kappa shape index (κ2) is 11.2. The normalized spacial score (nSPS) is 22.5. The highest BCUT2D eigenvalue weighted by Crippen LogP contribution is 2.33. The number of carbonyl (C=O) groups is 1. The number of carbonyl (C=O) groups excluding carboxylic acids is 1. The number of alkyl halides is 3. The quantitative estimate of drug-likeness (QED) is 0.507. The Kier molecular flexibility index (Phi) is 8.76. The van der Waals surface area contributed by atoms with E-state index < -0.39 is 18.2 Å². The van der Waals surface area contributed by atoms with Crippen molar-refractivity contribution in [3.63, 3.8) is 0 Å². The Hall–Kier alpha value is -1.70. The van der Waals surface area contributed by atoms with Gasteiger partial charge in [-0.25, -0.2) is 9.97 Å². The summed E-state index contributed by atoms with van der Waals surface area (Å²) in [6.07, 6.45) is 4.30. The van der Waals surface area contributed by atoms with Crippen LogP contribution in [0.2, 0.25) is 0 Å². The van der Waals surface area contributed by atoms with Crippen LogP contribution in [0.15, 0.2) is 6.20 Å². The van der Waals surface area contributed by atoms with Gasteiger partial charge in [0, 0.05) is 44.2 Å². The summed E-state index contributed by atoms with van der Waals surface area (Å²) in [6, 6.07) is 0. The van der Waals surface area contributed by atoms with Crippen LogP contribution in [0.3, 0.4) is 0 Å². The van der Waals surface area contributed by atoms with Crippen LogP contribution in [0.5, 0.6) is 0 Å². The van der Waals surface area contributed by atoms with Crippen LogP contribution in [0.25, 0.3) is 0 Å². The fourth-order valence-corrected chi connectivity index (χ4v) is 4.87. The Labute approximate surface area is 195 Å². The van der Waals surface area contributed by atoms with Gasteiger partial charge in [-0.05, 0) is 70.4 Å². The second-order valence-electron chi connectivity index (χ2n) is 10.7. The van der Waals surface area contributed by atoms with Crippen molar-refractivity contribution in [3.8, 4) is 0 Å². The third kappa shape index (κ3) is 9.22. The van der Waals surface area contributed by atoms with E-state index in [-0.39, 0.29) is 12.4 Å². The number of esters is 1. The van der Waals surface area contributed by atoms with Crippen LogP contribution in [0.4, 0.5) is 13.2 Å². The SMILES string of the molecule is CC(C)(C)OC(=O)CC1CCC(CCN2CCc3cnc(CCC(F)(F)F)nc3CC2)CC1. The van der Waals surface area contributed by atoms with Gasteiger partial charge in [0.2, 0.25) is 0 Å². The zero-order valence-electron chi connectivity index (χ0n) is 20.2. The fraction of sp³-hybridized carbons (Fsp3) is 0.800. The molecule has 1 aromatic rings. The minimum Gasteiger partial charge on any atom is -0.460 e. The molecule has 0 radical (unpaired) electrons. The number of rotatable bonds is 7. The van der Waals surface area contributed by atoms with Crippen molar-refractivity contribution in [2.45, 2.75) is 96.8 Å². The van der Waals surface area contributed by atoms with E-state index >= 15 is 0 Å². The lowest BCUT2D eigenvalue weighted by Crippen LogP contribution is -2.30. The highest BCUT2D eigenvalue weighted by Gasteiger charge is 2.28. The Bertz CT molecular complexity index is 784. The van der Waals surface area contributed by atoms with E-state index in [0.717, 1.165) is 75.8 Å². The summed E-state index contributed by atoms with van der Waals surface area (Å²) >= 11 is 0. The van der Waals surface area contributed by atoms with Crippen LogP contribution >= 0.6 is 0 Å². The molecular weight excluding hydrogens is 431 g/mol. The maximum atomic E-state index is 12.5. The molecule has 0 bridgehead atoms. The molecule has 1 aliphatic carbocycles. The molecule has 1 saturated carbocycles. The maximum absolute atomic E-state index is 12.5. The standard InChI is InChI=1S/C25H38F3N3O2/c1-24(2,3)33-23(32)16-19-6-4-18(5-7-19)9-13-31-14-10-20-17-29-22(8-12-25(26,27)28)30-21(20)11-15-31/h17-19H,4-16H2,1-3H3. The molecule has 3 rings (SSSR count). The largest absolute Gasteiger partial charge is 0.460 e. The molecule has 0 N–H and O–H groups in total. The second-order valence-corrected chi connectivity index (χ2v) is 10.7. The Balaban J connectivity index is 1.38. The molecule has 33 heavy (non-hydrogen) atoms. The number of aryl methyl sites for hydroxylation is 1. The summed E-state index contributed by atoms with van der Waals surface area (Å²) in [4.78, 5) is 23.1.